The van der Waals surface area contributed by atoms with Gasteiger partial charge in [0.2, 0.25) is 0 Å². The topological polar surface area (TPSA) is 48.9 Å². The molecule has 1 aromatic carbocycles. The van der Waals surface area contributed by atoms with Gasteiger partial charge in [-0.25, -0.2) is 8.78 Å². The van der Waals surface area contributed by atoms with Gasteiger partial charge in [0.1, 0.15) is 11.6 Å². The molecule has 8 heteroatoms. The minimum Gasteiger partial charge on any atom is -0.381 e. The minimum absolute atomic E-state index is 0. The Morgan fingerprint density at radius 3 is 2.52 bits per heavy atom. The van der Waals surface area contributed by atoms with Gasteiger partial charge in [0, 0.05) is 56.9 Å². The third-order valence-electron chi connectivity index (χ3n) is 6.18. The van der Waals surface area contributed by atoms with E-state index in [1.54, 1.807) is 7.05 Å². The molecular weight excluding hydrogens is 489 g/mol. The van der Waals surface area contributed by atoms with Crippen LogP contribution in [0.1, 0.15) is 37.2 Å². The van der Waals surface area contributed by atoms with Crippen molar-refractivity contribution >= 4 is 29.9 Å². The zero-order chi connectivity index (χ0) is 19.5. The van der Waals surface area contributed by atoms with Crippen molar-refractivity contribution in [2.45, 2.75) is 43.7 Å². The first-order valence-electron chi connectivity index (χ1n) is 10.4. The Morgan fingerprint density at radius 1 is 1.17 bits per heavy atom. The molecule has 1 saturated carbocycles. The van der Waals surface area contributed by atoms with Crippen molar-refractivity contribution < 1.29 is 13.5 Å². The summed E-state index contributed by atoms with van der Waals surface area (Å²) >= 11 is 0. The predicted molar refractivity (Wildman–Crippen MR) is 121 cm³/mol. The van der Waals surface area contributed by atoms with E-state index in [-0.39, 0.29) is 41.5 Å². The van der Waals surface area contributed by atoms with Crippen molar-refractivity contribution in [3.8, 4) is 0 Å². The van der Waals surface area contributed by atoms with E-state index in [4.69, 9.17) is 4.74 Å². The number of benzene rings is 1. The van der Waals surface area contributed by atoms with Crippen LogP contribution in [0.4, 0.5) is 8.78 Å². The average Bonchev–Trinajstić information content (AvgIpc) is 3.22. The number of nitrogens with zero attached hydrogens (tertiary/aromatic N) is 2. The van der Waals surface area contributed by atoms with Gasteiger partial charge in [0.05, 0.1) is 6.61 Å². The molecule has 3 aliphatic rings. The second kappa shape index (κ2) is 10.3. The molecule has 0 amide bonds. The van der Waals surface area contributed by atoms with E-state index in [0.29, 0.717) is 12.0 Å². The Labute approximate surface area is 188 Å². The van der Waals surface area contributed by atoms with Gasteiger partial charge in [-0.2, -0.15) is 0 Å². The average molecular weight is 520 g/mol. The van der Waals surface area contributed by atoms with Crippen LogP contribution in [0.5, 0.6) is 0 Å². The first kappa shape index (κ1) is 22.7. The lowest BCUT2D eigenvalue weighted by Gasteiger charge is -2.34. The van der Waals surface area contributed by atoms with E-state index in [2.05, 4.69) is 20.5 Å². The maximum absolute atomic E-state index is 14.0. The first-order valence-corrected chi connectivity index (χ1v) is 10.4. The molecule has 2 aliphatic heterocycles. The van der Waals surface area contributed by atoms with Crippen LogP contribution in [0.3, 0.4) is 0 Å². The lowest BCUT2D eigenvalue weighted by molar-refractivity contribution is 0.150. The Hall–Kier alpha value is -1.000. The molecule has 0 aromatic heterocycles. The molecule has 162 valence electrons. The second-order valence-corrected chi connectivity index (χ2v) is 8.25. The number of halogens is 3. The highest BCUT2D eigenvalue weighted by atomic mass is 127. The molecule has 0 radical (unpaired) electrons. The van der Waals surface area contributed by atoms with E-state index >= 15 is 0 Å². The van der Waals surface area contributed by atoms with E-state index in [9.17, 15) is 8.78 Å². The summed E-state index contributed by atoms with van der Waals surface area (Å²) in [7, 11) is 1.74. The molecule has 1 aromatic rings. The molecular formula is C21H31F2IN4O. The van der Waals surface area contributed by atoms with Gasteiger partial charge in [0.25, 0.3) is 0 Å². The highest BCUT2D eigenvalue weighted by Gasteiger charge is 2.42. The lowest BCUT2D eigenvalue weighted by Crippen LogP contribution is -2.49. The molecule has 5 nitrogen and oxygen atoms in total. The molecule has 3 fully saturated rings. The third-order valence-corrected chi connectivity index (χ3v) is 6.18. The molecule has 29 heavy (non-hydrogen) atoms. The Morgan fingerprint density at radius 2 is 1.90 bits per heavy atom. The quantitative estimate of drug-likeness (QED) is 0.356. The number of piperidine rings is 1. The summed E-state index contributed by atoms with van der Waals surface area (Å²) in [4.78, 5) is 6.85. The number of hydrogen-bond donors (Lipinski definition) is 2. The second-order valence-electron chi connectivity index (χ2n) is 8.25. The zero-order valence-electron chi connectivity index (χ0n) is 16.9. The number of guanidine groups is 1. The van der Waals surface area contributed by atoms with Crippen LogP contribution >= 0.6 is 24.0 Å². The lowest BCUT2D eigenvalue weighted by atomic mass is 10.0. The number of aliphatic imine (C=N–C) groups is 1. The standard InChI is InChI=1S/C21H30F2N4O.HI/c1-24-21(26-19-11-16(19)20-17(22)3-2-4-18(20)23)25-15-5-8-27(9-6-15)12-14-7-10-28-13-14;/h2-4,14-16,19H,5-13H2,1H3,(H2,24,25,26);1H. The molecule has 3 atom stereocenters. The molecule has 0 bridgehead atoms. The van der Waals surface area contributed by atoms with Crippen molar-refractivity contribution in [2.75, 3.05) is 39.9 Å². The smallest absolute Gasteiger partial charge is 0.191 e. The molecule has 2 N–H and O–H groups in total. The van der Waals surface area contributed by atoms with E-state index in [1.807, 2.05) is 0 Å². The van der Waals surface area contributed by atoms with Crippen LogP contribution in [-0.2, 0) is 4.74 Å². The van der Waals surface area contributed by atoms with Gasteiger partial charge in [-0.3, -0.25) is 4.99 Å². The van der Waals surface area contributed by atoms with Crippen LogP contribution in [0, 0.1) is 17.6 Å². The Balaban J connectivity index is 0.00000240. The summed E-state index contributed by atoms with van der Waals surface area (Å²) in [6.45, 7) is 5.11. The summed E-state index contributed by atoms with van der Waals surface area (Å²) in [6.07, 6.45) is 4.05. The zero-order valence-corrected chi connectivity index (χ0v) is 19.2. The van der Waals surface area contributed by atoms with Gasteiger partial charge >= 0.3 is 0 Å². The number of likely N-dealkylation sites (tertiary alicyclic amines) is 1. The number of rotatable bonds is 5. The minimum atomic E-state index is -0.461. The number of nitrogens with one attached hydrogen (secondary N) is 2. The summed E-state index contributed by atoms with van der Waals surface area (Å²) in [6, 6.07) is 4.47. The highest BCUT2D eigenvalue weighted by Crippen LogP contribution is 2.43. The maximum Gasteiger partial charge on any atom is 0.191 e. The number of hydrogen-bond acceptors (Lipinski definition) is 3. The van der Waals surface area contributed by atoms with E-state index < -0.39 is 11.6 Å². The van der Waals surface area contributed by atoms with Crippen molar-refractivity contribution in [1.29, 1.82) is 0 Å². The van der Waals surface area contributed by atoms with Crippen LogP contribution in [0.2, 0.25) is 0 Å². The molecule has 1 aliphatic carbocycles. The summed E-state index contributed by atoms with van der Waals surface area (Å²) in [5.74, 6) is 0.362. The molecule has 2 saturated heterocycles. The fraction of sp³-hybridized carbons (Fsp3) is 0.667. The highest BCUT2D eigenvalue weighted by molar-refractivity contribution is 14.0. The SMILES string of the molecule is CN=C(NC1CCN(CC2CCOC2)CC1)NC1CC1c1c(F)cccc1F.I. The van der Waals surface area contributed by atoms with Crippen molar-refractivity contribution in [3.63, 3.8) is 0 Å². The molecule has 2 heterocycles. The summed E-state index contributed by atoms with van der Waals surface area (Å²) in [5, 5.41) is 6.83. The van der Waals surface area contributed by atoms with Gasteiger partial charge in [-0.15, -0.1) is 24.0 Å². The maximum atomic E-state index is 14.0. The number of ether oxygens (including phenoxy) is 1. The third kappa shape index (κ3) is 5.79. The predicted octanol–water partition coefficient (Wildman–Crippen LogP) is 3.10. The summed E-state index contributed by atoms with van der Waals surface area (Å²) in [5.41, 5.74) is 0.194. The van der Waals surface area contributed by atoms with Gasteiger partial charge in [-0.05, 0) is 43.7 Å². The monoisotopic (exact) mass is 520 g/mol. The van der Waals surface area contributed by atoms with Gasteiger partial charge in [0.15, 0.2) is 5.96 Å². The van der Waals surface area contributed by atoms with Crippen LogP contribution < -0.4 is 10.6 Å². The van der Waals surface area contributed by atoms with Crippen molar-refractivity contribution in [1.82, 2.24) is 15.5 Å². The molecule has 0 spiro atoms. The molecule has 3 unspecified atom stereocenters. The van der Waals surface area contributed by atoms with Gasteiger partial charge in [-0.1, -0.05) is 6.07 Å². The van der Waals surface area contributed by atoms with Crippen molar-refractivity contribution in [2.24, 2.45) is 10.9 Å². The summed E-state index contributed by atoms with van der Waals surface area (Å²) < 4.78 is 33.4. The normalized spacial score (nSPS) is 28.1. The Bertz CT molecular complexity index is 686. The van der Waals surface area contributed by atoms with E-state index in [1.165, 1.54) is 24.6 Å². The first-order chi connectivity index (χ1) is 13.6. The fourth-order valence-corrected chi connectivity index (χ4v) is 4.43. The fourth-order valence-electron chi connectivity index (χ4n) is 4.43. The van der Waals surface area contributed by atoms with Crippen LogP contribution in [0.25, 0.3) is 0 Å². The van der Waals surface area contributed by atoms with Crippen LogP contribution in [0.15, 0.2) is 23.2 Å². The van der Waals surface area contributed by atoms with Gasteiger partial charge < -0.3 is 20.3 Å². The Kier molecular flexibility index (Phi) is 8.09. The van der Waals surface area contributed by atoms with E-state index in [0.717, 1.165) is 58.1 Å². The van der Waals surface area contributed by atoms with Crippen molar-refractivity contribution in [3.05, 3.63) is 35.4 Å². The molecule has 4 rings (SSSR count). The largest absolute Gasteiger partial charge is 0.381 e. The van der Waals surface area contributed by atoms with Crippen LogP contribution in [-0.4, -0.2) is 62.8 Å².